The van der Waals surface area contributed by atoms with Gasteiger partial charge in [-0.1, -0.05) is 81.2 Å². The minimum Gasteiger partial charge on any atom is -0.368 e. The molecule has 2 aromatic carbocycles. The molecular formula is C27H34FNO2. The van der Waals surface area contributed by atoms with Gasteiger partial charge in [0, 0.05) is 25.5 Å². The quantitative estimate of drug-likeness (QED) is 0.223. The molecule has 0 aromatic heterocycles. The Hall–Kier alpha value is -2.64. The lowest BCUT2D eigenvalue weighted by Crippen LogP contribution is -2.28. The first-order chi connectivity index (χ1) is 15.1. The second-order valence-electron chi connectivity index (χ2n) is 7.80. The van der Waals surface area contributed by atoms with Crippen LogP contribution in [0, 0.1) is 17.7 Å². The molecule has 0 bridgehead atoms. The Labute approximate surface area is 186 Å². The zero-order valence-corrected chi connectivity index (χ0v) is 18.8. The van der Waals surface area contributed by atoms with E-state index < -0.39 is 0 Å². The average Bonchev–Trinajstić information content (AvgIpc) is 2.75. The molecule has 0 saturated heterocycles. The summed E-state index contributed by atoms with van der Waals surface area (Å²) in [6.45, 7) is 4.47. The van der Waals surface area contributed by atoms with Gasteiger partial charge in [-0.15, -0.1) is 5.06 Å². The first-order valence-corrected chi connectivity index (χ1v) is 11.3. The predicted octanol–water partition coefficient (Wildman–Crippen LogP) is 6.45. The number of halogens is 1. The van der Waals surface area contributed by atoms with Crippen LogP contribution >= 0.6 is 0 Å². The smallest absolute Gasteiger partial charge is 0.322 e. The molecule has 0 N–H and O–H groups in total. The summed E-state index contributed by atoms with van der Waals surface area (Å²) in [4.78, 5) is 16.8. The largest absolute Gasteiger partial charge is 0.368 e. The molecule has 2 rings (SSSR count). The van der Waals surface area contributed by atoms with E-state index in [2.05, 4.69) is 18.8 Å². The number of unbranched alkanes of at least 4 members (excludes halogenated alkanes) is 6. The van der Waals surface area contributed by atoms with Gasteiger partial charge in [0.05, 0.1) is 6.54 Å². The van der Waals surface area contributed by atoms with Gasteiger partial charge in [0.2, 0.25) is 0 Å². The molecule has 31 heavy (non-hydrogen) atoms. The van der Waals surface area contributed by atoms with E-state index in [1.165, 1.54) is 45.1 Å². The summed E-state index contributed by atoms with van der Waals surface area (Å²) in [6.07, 6.45) is 9.05. The fourth-order valence-corrected chi connectivity index (χ4v) is 3.34. The Morgan fingerprint density at radius 1 is 1.00 bits per heavy atom. The normalized spacial score (nSPS) is 10.6. The van der Waals surface area contributed by atoms with Crippen molar-refractivity contribution in [3.63, 3.8) is 0 Å². The van der Waals surface area contributed by atoms with Crippen molar-refractivity contribution in [1.82, 2.24) is 5.06 Å². The number of hydrogen-bond acceptors (Lipinski definition) is 3. The number of carbonyl (C=O) groups is 1. The summed E-state index contributed by atoms with van der Waals surface area (Å²) >= 11 is 0. The Kier molecular flexibility index (Phi) is 11.4. The number of hydroxylamine groups is 2. The third-order valence-corrected chi connectivity index (χ3v) is 5.05. The van der Waals surface area contributed by atoms with Crippen LogP contribution in [0.1, 0.15) is 75.5 Å². The fourth-order valence-electron chi connectivity index (χ4n) is 3.34. The van der Waals surface area contributed by atoms with E-state index in [0.717, 1.165) is 24.0 Å². The van der Waals surface area contributed by atoms with E-state index in [1.54, 1.807) is 23.3 Å². The van der Waals surface area contributed by atoms with Gasteiger partial charge in [-0.3, -0.25) is 4.79 Å². The molecule has 0 fully saturated rings. The summed E-state index contributed by atoms with van der Waals surface area (Å²) in [5.41, 5.74) is 2.60. The van der Waals surface area contributed by atoms with Crippen LogP contribution in [-0.2, 0) is 22.6 Å². The average molecular weight is 424 g/mol. The molecule has 0 atom stereocenters. The van der Waals surface area contributed by atoms with Crippen molar-refractivity contribution >= 4 is 5.97 Å². The third kappa shape index (κ3) is 10.3. The zero-order chi connectivity index (χ0) is 22.3. The minimum atomic E-state index is -0.384. The van der Waals surface area contributed by atoms with Crippen LogP contribution in [0.3, 0.4) is 0 Å². The molecule has 0 aliphatic rings. The molecule has 0 amide bonds. The maximum absolute atomic E-state index is 13.9. The van der Waals surface area contributed by atoms with Crippen LogP contribution in [0.2, 0.25) is 0 Å². The van der Waals surface area contributed by atoms with Gasteiger partial charge in [0.25, 0.3) is 0 Å². The van der Waals surface area contributed by atoms with E-state index in [4.69, 9.17) is 4.84 Å². The summed E-state index contributed by atoms with van der Waals surface area (Å²) in [5.74, 6) is 5.85. The van der Waals surface area contributed by atoms with Gasteiger partial charge in [-0.05, 0) is 42.2 Å². The van der Waals surface area contributed by atoms with E-state index in [-0.39, 0.29) is 11.8 Å². The molecule has 3 nitrogen and oxygen atoms in total. The molecule has 0 spiro atoms. The standard InChI is InChI=1S/C27H34FNO2/c1-3-4-5-6-7-8-9-10-13-24-16-18-25(19-17-24)22-29(31-23(2)30)21-20-26-14-11-12-15-27(26)28/h11-12,14-19H,3-9,20-22H2,1-2H3. The van der Waals surface area contributed by atoms with Crippen molar-refractivity contribution in [1.29, 1.82) is 0 Å². The van der Waals surface area contributed by atoms with Gasteiger partial charge >= 0.3 is 5.97 Å². The number of nitrogens with zero attached hydrogens (tertiary/aromatic N) is 1. The van der Waals surface area contributed by atoms with Crippen molar-refractivity contribution in [3.05, 3.63) is 71.0 Å². The molecule has 0 saturated carbocycles. The highest BCUT2D eigenvalue weighted by atomic mass is 19.1. The van der Waals surface area contributed by atoms with Crippen LogP contribution in [0.25, 0.3) is 0 Å². The molecule has 0 aliphatic heterocycles. The fraction of sp³-hybridized carbons (Fsp3) is 0.444. The molecule has 0 aliphatic carbocycles. The number of hydrogen-bond donors (Lipinski definition) is 0. The highest BCUT2D eigenvalue weighted by Gasteiger charge is 2.11. The van der Waals surface area contributed by atoms with Gasteiger partial charge < -0.3 is 4.84 Å². The molecule has 0 radical (unpaired) electrons. The van der Waals surface area contributed by atoms with Crippen molar-refractivity contribution in [2.45, 2.75) is 71.8 Å². The van der Waals surface area contributed by atoms with Gasteiger partial charge in [-0.25, -0.2) is 4.39 Å². The highest BCUT2D eigenvalue weighted by Crippen LogP contribution is 2.12. The monoisotopic (exact) mass is 423 g/mol. The molecule has 0 heterocycles. The number of benzene rings is 2. The first-order valence-electron chi connectivity index (χ1n) is 11.3. The van der Waals surface area contributed by atoms with E-state index in [0.29, 0.717) is 25.1 Å². The van der Waals surface area contributed by atoms with Crippen LogP contribution in [0.4, 0.5) is 4.39 Å². The van der Waals surface area contributed by atoms with Crippen LogP contribution in [-0.4, -0.2) is 17.6 Å². The highest BCUT2D eigenvalue weighted by molar-refractivity contribution is 5.65. The van der Waals surface area contributed by atoms with Gasteiger partial charge in [0.1, 0.15) is 5.82 Å². The summed E-state index contributed by atoms with van der Waals surface area (Å²) < 4.78 is 13.9. The van der Waals surface area contributed by atoms with E-state index >= 15 is 0 Å². The summed E-state index contributed by atoms with van der Waals surface area (Å²) in [5, 5.41) is 1.58. The van der Waals surface area contributed by atoms with E-state index in [1.807, 2.05) is 24.3 Å². The first kappa shape index (κ1) is 24.6. The Morgan fingerprint density at radius 3 is 2.42 bits per heavy atom. The second kappa shape index (κ2) is 14.4. The van der Waals surface area contributed by atoms with E-state index in [9.17, 15) is 9.18 Å². The topological polar surface area (TPSA) is 29.5 Å². The number of carbonyl (C=O) groups excluding carboxylic acids is 1. The third-order valence-electron chi connectivity index (χ3n) is 5.05. The lowest BCUT2D eigenvalue weighted by atomic mass is 10.1. The van der Waals surface area contributed by atoms with Crippen molar-refractivity contribution in [3.8, 4) is 11.8 Å². The zero-order valence-electron chi connectivity index (χ0n) is 18.8. The molecule has 4 heteroatoms. The maximum Gasteiger partial charge on any atom is 0.322 e. The number of rotatable bonds is 12. The Balaban J connectivity index is 1.83. The van der Waals surface area contributed by atoms with Crippen LogP contribution in [0.15, 0.2) is 48.5 Å². The van der Waals surface area contributed by atoms with Gasteiger partial charge in [-0.2, -0.15) is 0 Å². The van der Waals surface area contributed by atoms with Gasteiger partial charge in [0.15, 0.2) is 0 Å². The molecule has 0 unspecified atom stereocenters. The molecule has 2 aromatic rings. The minimum absolute atomic E-state index is 0.242. The predicted molar refractivity (Wildman–Crippen MR) is 124 cm³/mol. The van der Waals surface area contributed by atoms with Crippen molar-refractivity contribution in [2.75, 3.05) is 6.54 Å². The van der Waals surface area contributed by atoms with Crippen molar-refractivity contribution < 1.29 is 14.0 Å². The molecule has 166 valence electrons. The second-order valence-corrected chi connectivity index (χ2v) is 7.80. The van der Waals surface area contributed by atoms with Crippen LogP contribution in [0.5, 0.6) is 0 Å². The van der Waals surface area contributed by atoms with Crippen molar-refractivity contribution in [2.24, 2.45) is 0 Å². The summed E-state index contributed by atoms with van der Waals surface area (Å²) in [7, 11) is 0. The lowest BCUT2D eigenvalue weighted by Gasteiger charge is -2.20. The molecular weight excluding hydrogens is 389 g/mol. The van der Waals surface area contributed by atoms with Crippen LogP contribution < -0.4 is 0 Å². The maximum atomic E-state index is 13.9. The summed E-state index contributed by atoms with van der Waals surface area (Å²) in [6, 6.07) is 14.6. The Morgan fingerprint density at radius 2 is 1.71 bits per heavy atom. The Bertz CT molecular complexity index is 852. The SMILES string of the molecule is CCCCCCCCC#Cc1ccc(CN(CCc2ccccc2F)OC(C)=O)cc1. The lowest BCUT2D eigenvalue weighted by molar-refractivity contribution is -0.190.